The van der Waals surface area contributed by atoms with Crippen LogP contribution >= 0.6 is 0 Å². The van der Waals surface area contributed by atoms with Crippen molar-refractivity contribution < 1.29 is 9.59 Å². The van der Waals surface area contributed by atoms with Crippen molar-refractivity contribution in [2.75, 3.05) is 10.6 Å². The molecule has 0 aliphatic heterocycles. The molecule has 0 aliphatic carbocycles. The first-order valence-electron chi connectivity index (χ1n) is 8.77. The molecule has 3 aromatic rings. The number of nitriles is 1. The summed E-state index contributed by atoms with van der Waals surface area (Å²) < 4.78 is 0. The lowest BCUT2D eigenvalue weighted by Gasteiger charge is -2.11. The normalized spacial score (nSPS) is 10.0. The lowest BCUT2D eigenvalue weighted by Crippen LogP contribution is -2.15. The summed E-state index contributed by atoms with van der Waals surface area (Å²) in [6.07, 6.45) is 0. The van der Waals surface area contributed by atoms with Gasteiger partial charge in [0.05, 0.1) is 11.3 Å². The van der Waals surface area contributed by atoms with E-state index in [2.05, 4.69) is 10.6 Å². The summed E-state index contributed by atoms with van der Waals surface area (Å²) in [5.74, 6) is -0.584. The second-order valence-electron chi connectivity index (χ2n) is 6.39. The number of anilines is 2. The minimum absolute atomic E-state index is 0.240. The number of para-hydroxylation sites is 1. The van der Waals surface area contributed by atoms with Gasteiger partial charge < -0.3 is 10.6 Å². The number of rotatable bonds is 4. The van der Waals surface area contributed by atoms with Crippen molar-refractivity contribution in [2.24, 2.45) is 0 Å². The van der Waals surface area contributed by atoms with Crippen molar-refractivity contribution in [3.05, 3.63) is 94.5 Å². The standard InChI is InChI=1S/C23H19N3O2/c1-15-6-5-9-20(16(15)2)25-22(27)17-10-12-18(13-11-17)23(28)26-21-8-4-3-7-19(21)14-24/h3-13H,1-2H3,(H,25,27)(H,26,28). The number of carbonyl (C=O) groups excluding carboxylic acids is 2. The summed E-state index contributed by atoms with van der Waals surface area (Å²) in [6, 6.07) is 20.9. The molecule has 0 spiro atoms. The van der Waals surface area contributed by atoms with Crippen LogP contribution in [0.15, 0.2) is 66.7 Å². The molecular formula is C23H19N3O2. The zero-order valence-corrected chi connectivity index (χ0v) is 15.6. The van der Waals surface area contributed by atoms with Gasteiger partial charge in [-0.3, -0.25) is 9.59 Å². The van der Waals surface area contributed by atoms with Gasteiger partial charge in [0.15, 0.2) is 0 Å². The molecule has 0 aliphatic rings. The first-order chi connectivity index (χ1) is 13.5. The van der Waals surface area contributed by atoms with Gasteiger partial charge in [0.25, 0.3) is 11.8 Å². The summed E-state index contributed by atoms with van der Waals surface area (Å²) >= 11 is 0. The van der Waals surface area contributed by atoms with E-state index in [4.69, 9.17) is 5.26 Å². The maximum Gasteiger partial charge on any atom is 0.255 e. The highest BCUT2D eigenvalue weighted by molar-refractivity contribution is 6.07. The van der Waals surface area contributed by atoms with Gasteiger partial charge in [-0.05, 0) is 67.4 Å². The molecule has 0 saturated heterocycles. The Morgan fingerprint density at radius 3 is 1.89 bits per heavy atom. The van der Waals surface area contributed by atoms with E-state index in [1.807, 2.05) is 38.1 Å². The molecule has 2 amide bonds. The molecule has 0 unspecified atom stereocenters. The highest BCUT2D eigenvalue weighted by Crippen LogP contribution is 2.19. The molecule has 3 rings (SSSR count). The molecule has 0 radical (unpaired) electrons. The summed E-state index contributed by atoms with van der Waals surface area (Å²) in [7, 11) is 0. The Balaban J connectivity index is 1.72. The molecule has 0 saturated carbocycles. The van der Waals surface area contributed by atoms with Crippen LogP contribution in [0.5, 0.6) is 0 Å². The average Bonchev–Trinajstić information content (AvgIpc) is 2.72. The molecule has 3 aromatic carbocycles. The maximum absolute atomic E-state index is 12.5. The summed E-state index contributed by atoms with van der Waals surface area (Å²) in [5, 5.41) is 14.7. The van der Waals surface area contributed by atoms with Crippen molar-refractivity contribution >= 4 is 23.2 Å². The third kappa shape index (κ3) is 4.08. The van der Waals surface area contributed by atoms with Crippen LogP contribution in [0, 0.1) is 25.2 Å². The number of nitrogens with zero attached hydrogens (tertiary/aromatic N) is 1. The van der Waals surface area contributed by atoms with E-state index in [9.17, 15) is 9.59 Å². The third-order valence-corrected chi connectivity index (χ3v) is 4.56. The lowest BCUT2D eigenvalue weighted by atomic mass is 10.1. The number of hydrogen-bond donors (Lipinski definition) is 2. The Bertz CT molecular complexity index is 1080. The SMILES string of the molecule is Cc1cccc(NC(=O)c2ccc(C(=O)Nc3ccccc3C#N)cc2)c1C. The summed E-state index contributed by atoms with van der Waals surface area (Å²) in [6.45, 7) is 3.94. The Morgan fingerprint density at radius 1 is 0.750 bits per heavy atom. The van der Waals surface area contributed by atoms with Crippen LogP contribution in [0.3, 0.4) is 0 Å². The molecule has 5 heteroatoms. The van der Waals surface area contributed by atoms with Crippen LogP contribution in [-0.2, 0) is 0 Å². The van der Waals surface area contributed by atoms with Crippen LogP contribution in [0.2, 0.25) is 0 Å². The molecule has 5 nitrogen and oxygen atoms in total. The second-order valence-corrected chi connectivity index (χ2v) is 6.39. The number of aryl methyl sites for hydroxylation is 1. The Hall–Kier alpha value is -3.91. The van der Waals surface area contributed by atoms with Crippen molar-refractivity contribution in [2.45, 2.75) is 13.8 Å². The second kappa shape index (κ2) is 8.19. The van der Waals surface area contributed by atoms with Gasteiger partial charge in [0, 0.05) is 16.8 Å². The predicted molar refractivity (Wildman–Crippen MR) is 109 cm³/mol. The van der Waals surface area contributed by atoms with Crippen LogP contribution in [0.4, 0.5) is 11.4 Å². The van der Waals surface area contributed by atoms with E-state index >= 15 is 0 Å². The van der Waals surface area contributed by atoms with E-state index in [1.54, 1.807) is 48.5 Å². The average molecular weight is 369 g/mol. The fraction of sp³-hybridized carbons (Fsp3) is 0.0870. The van der Waals surface area contributed by atoms with Gasteiger partial charge in [0.1, 0.15) is 6.07 Å². The highest BCUT2D eigenvalue weighted by Gasteiger charge is 2.12. The van der Waals surface area contributed by atoms with E-state index < -0.39 is 0 Å². The van der Waals surface area contributed by atoms with Crippen molar-refractivity contribution in [1.82, 2.24) is 0 Å². The number of nitrogens with one attached hydrogen (secondary N) is 2. The monoisotopic (exact) mass is 369 g/mol. The third-order valence-electron chi connectivity index (χ3n) is 4.56. The smallest absolute Gasteiger partial charge is 0.255 e. The first-order valence-corrected chi connectivity index (χ1v) is 8.77. The predicted octanol–water partition coefficient (Wildman–Crippen LogP) is 4.68. The first kappa shape index (κ1) is 18.9. The van der Waals surface area contributed by atoms with Crippen LogP contribution in [0.1, 0.15) is 37.4 Å². The maximum atomic E-state index is 12.5. The van der Waals surface area contributed by atoms with Gasteiger partial charge in [-0.15, -0.1) is 0 Å². The van der Waals surface area contributed by atoms with E-state index in [0.717, 1.165) is 16.8 Å². The topological polar surface area (TPSA) is 82.0 Å². The number of benzene rings is 3. The molecule has 2 N–H and O–H groups in total. The fourth-order valence-electron chi connectivity index (χ4n) is 2.74. The Kier molecular flexibility index (Phi) is 5.52. The lowest BCUT2D eigenvalue weighted by molar-refractivity contribution is 0.101. The van der Waals surface area contributed by atoms with Crippen LogP contribution in [-0.4, -0.2) is 11.8 Å². The van der Waals surface area contributed by atoms with Crippen LogP contribution < -0.4 is 10.6 Å². The quantitative estimate of drug-likeness (QED) is 0.700. The van der Waals surface area contributed by atoms with Crippen molar-refractivity contribution in [3.8, 4) is 6.07 Å². The summed E-state index contributed by atoms with van der Waals surface area (Å²) in [4.78, 5) is 24.9. The van der Waals surface area contributed by atoms with Gasteiger partial charge >= 0.3 is 0 Å². The molecule has 0 fully saturated rings. The number of amides is 2. The highest BCUT2D eigenvalue weighted by atomic mass is 16.2. The minimum Gasteiger partial charge on any atom is -0.322 e. The molecule has 0 heterocycles. The van der Waals surface area contributed by atoms with Crippen LogP contribution in [0.25, 0.3) is 0 Å². The fourth-order valence-corrected chi connectivity index (χ4v) is 2.74. The number of carbonyl (C=O) groups is 2. The van der Waals surface area contributed by atoms with Crippen molar-refractivity contribution in [1.29, 1.82) is 5.26 Å². The zero-order valence-electron chi connectivity index (χ0n) is 15.6. The van der Waals surface area contributed by atoms with Gasteiger partial charge in [-0.25, -0.2) is 0 Å². The molecule has 138 valence electrons. The number of hydrogen-bond acceptors (Lipinski definition) is 3. The zero-order chi connectivity index (χ0) is 20.1. The minimum atomic E-state index is -0.343. The van der Waals surface area contributed by atoms with E-state index in [0.29, 0.717) is 22.4 Å². The van der Waals surface area contributed by atoms with Gasteiger partial charge in [-0.1, -0.05) is 24.3 Å². The van der Waals surface area contributed by atoms with Gasteiger partial charge in [0.2, 0.25) is 0 Å². The molecule has 28 heavy (non-hydrogen) atoms. The van der Waals surface area contributed by atoms with Gasteiger partial charge in [-0.2, -0.15) is 5.26 Å². The molecular weight excluding hydrogens is 350 g/mol. The Labute approximate surface area is 163 Å². The Morgan fingerprint density at radius 2 is 1.29 bits per heavy atom. The summed E-state index contributed by atoms with van der Waals surface area (Å²) in [5.41, 5.74) is 4.57. The molecule has 0 aromatic heterocycles. The molecule has 0 atom stereocenters. The molecule has 0 bridgehead atoms. The van der Waals surface area contributed by atoms with E-state index in [1.165, 1.54) is 0 Å². The van der Waals surface area contributed by atoms with E-state index in [-0.39, 0.29) is 11.8 Å². The largest absolute Gasteiger partial charge is 0.322 e. The van der Waals surface area contributed by atoms with Crippen molar-refractivity contribution in [3.63, 3.8) is 0 Å².